The molecule has 0 bridgehead atoms. The van der Waals surface area contributed by atoms with Crippen molar-refractivity contribution in [2.45, 2.75) is 19.4 Å². The molecule has 2 aromatic rings. The number of halogens is 1. The molecule has 3 nitrogen and oxygen atoms in total. The summed E-state index contributed by atoms with van der Waals surface area (Å²) in [6.07, 6.45) is 4.43. The fourth-order valence-electron chi connectivity index (χ4n) is 2.20. The molecule has 0 spiro atoms. The lowest BCUT2D eigenvalue weighted by molar-refractivity contribution is 0.394. The first-order chi connectivity index (χ1) is 9.72. The van der Waals surface area contributed by atoms with Crippen molar-refractivity contribution in [1.29, 1.82) is 0 Å². The third-order valence-electron chi connectivity index (χ3n) is 3.28. The largest absolute Gasteiger partial charge is 0.496 e. The van der Waals surface area contributed by atoms with Gasteiger partial charge in [0.05, 0.1) is 7.11 Å². The Balaban J connectivity index is 1.97. The number of hydrogen-bond acceptors (Lipinski definition) is 3. The van der Waals surface area contributed by atoms with E-state index < -0.39 is 0 Å². The molecule has 20 heavy (non-hydrogen) atoms. The Labute approximate surface area is 118 Å². The number of benzene rings is 1. The molecule has 0 aliphatic rings. The van der Waals surface area contributed by atoms with Crippen molar-refractivity contribution in [3.8, 4) is 5.75 Å². The summed E-state index contributed by atoms with van der Waals surface area (Å²) in [6.45, 7) is 2.70. The molecule has 0 radical (unpaired) electrons. The molecule has 1 atom stereocenters. The lowest BCUT2D eigenvalue weighted by atomic mass is 10.1. The second kappa shape index (κ2) is 7.01. The third-order valence-corrected chi connectivity index (χ3v) is 3.28. The third kappa shape index (κ3) is 3.54. The highest BCUT2D eigenvalue weighted by molar-refractivity contribution is 5.36. The summed E-state index contributed by atoms with van der Waals surface area (Å²) in [6, 6.07) is 8.75. The van der Waals surface area contributed by atoms with Crippen LogP contribution in [0.15, 0.2) is 42.7 Å². The summed E-state index contributed by atoms with van der Waals surface area (Å²) in [5.41, 5.74) is 1.78. The van der Waals surface area contributed by atoms with E-state index in [1.807, 2.05) is 19.1 Å². The topological polar surface area (TPSA) is 34.1 Å². The van der Waals surface area contributed by atoms with Gasteiger partial charge in [0.15, 0.2) is 0 Å². The number of aromatic nitrogens is 1. The van der Waals surface area contributed by atoms with Gasteiger partial charge in [0.2, 0.25) is 0 Å². The molecule has 106 valence electrons. The van der Waals surface area contributed by atoms with E-state index in [0.717, 1.165) is 13.0 Å². The fraction of sp³-hybridized carbons (Fsp3) is 0.312. The summed E-state index contributed by atoms with van der Waals surface area (Å²) < 4.78 is 19.1. The van der Waals surface area contributed by atoms with E-state index in [1.165, 1.54) is 11.6 Å². The predicted molar refractivity (Wildman–Crippen MR) is 77.3 cm³/mol. The van der Waals surface area contributed by atoms with Crippen LogP contribution in [0.4, 0.5) is 4.39 Å². The van der Waals surface area contributed by atoms with Crippen LogP contribution in [0.5, 0.6) is 5.75 Å². The molecule has 0 aliphatic carbocycles. The van der Waals surface area contributed by atoms with Crippen LogP contribution < -0.4 is 10.1 Å². The molecule has 1 N–H and O–H groups in total. The summed E-state index contributed by atoms with van der Waals surface area (Å²) in [4.78, 5) is 3.98. The standard InChI is InChI=1S/C16H19FN2O/c1-12(16-14(17)4-3-5-15(16)20-2)19-11-8-13-6-9-18-10-7-13/h3-7,9-10,12,19H,8,11H2,1-2H3. The molecule has 1 unspecified atom stereocenters. The molecule has 2 rings (SSSR count). The maximum Gasteiger partial charge on any atom is 0.131 e. The minimum Gasteiger partial charge on any atom is -0.496 e. The van der Waals surface area contributed by atoms with Gasteiger partial charge in [-0.15, -0.1) is 0 Å². The minimum atomic E-state index is -0.242. The van der Waals surface area contributed by atoms with E-state index in [4.69, 9.17) is 4.74 Å². The zero-order valence-electron chi connectivity index (χ0n) is 11.8. The first kappa shape index (κ1) is 14.5. The number of pyridine rings is 1. The van der Waals surface area contributed by atoms with Crippen molar-refractivity contribution in [2.75, 3.05) is 13.7 Å². The number of methoxy groups -OCH3 is 1. The van der Waals surface area contributed by atoms with Crippen molar-refractivity contribution in [1.82, 2.24) is 10.3 Å². The lowest BCUT2D eigenvalue weighted by Gasteiger charge is -2.18. The molecule has 0 saturated heterocycles. The Morgan fingerprint density at radius 1 is 1.25 bits per heavy atom. The Morgan fingerprint density at radius 2 is 2.00 bits per heavy atom. The number of hydrogen-bond donors (Lipinski definition) is 1. The quantitative estimate of drug-likeness (QED) is 0.878. The molecule has 1 heterocycles. The van der Waals surface area contributed by atoms with Crippen LogP contribution >= 0.6 is 0 Å². The normalized spacial score (nSPS) is 12.2. The van der Waals surface area contributed by atoms with Gasteiger partial charge in [-0.3, -0.25) is 4.98 Å². The van der Waals surface area contributed by atoms with Gasteiger partial charge in [-0.25, -0.2) is 4.39 Å². The number of nitrogens with one attached hydrogen (secondary N) is 1. The minimum absolute atomic E-state index is 0.104. The van der Waals surface area contributed by atoms with Crippen LogP contribution in [-0.2, 0) is 6.42 Å². The fourth-order valence-corrected chi connectivity index (χ4v) is 2.20. The second-order valence-electron chi connectivity index (χ2n) is 4.64. The van der Waals surface area contributed by atoms with E-state index in [0.29, 0.717) is 11.3 Å². The lowest BCUT2D eigenvalue weighted by Crippen LogP contribution is -2.22. The first-order valence-electron chi connectivity index (χ1n) is 6.67. The molecule has 1 aromatic heterocycles. The van der Waals surface area contributed by atoms with Crippen LogP contribution in [0.1, 0.15) is 24.1 Å². The highest BCUT2D eigenvalue weighted by Gasteiger charge is 2.15. The van der Waals surface area contributed by atoms with Gasteiger partial charge in [0.1, 0.15) is 11.6 Å². The van der Waals surface area contributed by atoms with Gasteiger partial charge in [0, 0.05) is 24.0 Å². The van der Waals surface area contributed by atoms with Crippen molar-refractivity contribution >= 4 is 0 Å². The van der Waals surface area contributed by atoms with E-state index in [9.17, 15) is 4.39 Å². The van der Waals surface area contributed by atoms with E-state index in [-0.39, 0.29) is 11.9 Å². The number of ether oxygens (including phenoxy) is 1. The number of nitrogens with zero attached hydrogens (tertiary/aromatic N) is 1. The second-order valence-corrected chi connectivity index (χ2v) is 4.64. The van der Waals surface area contributed by atoms with Gasteiger partial charge in [-0.1, -0.05) is 6.07 Å². The zero-order chi connectivity index (χ0) is 14.4. The van der Waals surface area contributed by atoms with Gasteiger partial charge < -0.3 is 10.1 Å². The van der Waals surface area contributed by atoms with E-state index >= 15 is 0 Å². The van der Waals surface area contributed by atoms with Gasteiger partial charge in [-0.2, -0.15) is 0 Å². The van der Waals surface area contributed by atoms with Crippen LogP contribution in [0.3, 0.4) is 0 Å². The van der Waals surface area contributed by atoms with E-state index in [1.54, 1.807) is 31.6 Å². The Morgan fingerprint density at radius 3 is 2.70 bits per heavy atom. The molecule has 4 heteroatoms. The van der Waals surface area contributed by atoms with Gasteiger partial charge >= 0.3 is 0 Å². The van der Waals surface area contributed by atoms with Crippen molar-refractivity contribution in [3.05, 3.63) is 59.7 Å². The molecule has 0 aliphatic heterocycles. The first-order valence-corrected chi connectivity index (χ1v) is 6.67. The highest BCUT2D eigenvalue weighted by Crippen LogP contribution is 2.27. The average molecular weight is 274 g/mol. The smallest absolute Gasteiger partial charge is 0.131 e. The van der Waals surface area contributed by atoms with Crippen molar-refractivity contribution < 1.29 is 9.13 Å². The molecule has 1 aromatic carbocycles. The molecular formula is C16H19FN2O. The summed E-state index contributed by atoms with van der Waals surface area (Å²) in [5.74, 6) is 0.335. The maximum atomic E-state index is 13.9. The van der Waals surface area contributed by atoms with Crippen LogP contribution in [0.2, 0.25) is 0 Å². The van der Waals surface area contributed by atoms with Crippen LogP contribution in [0.25, 0.3) is 0 Å². The van der Waals surface area contributed by atoms with E-state index in [2.05, 4.69) is 10.3 Å². The average Bonchev–Trinajstić information content (AvgIpc) is 2.47. The SMILES string of the molecule is COc1cccc(F)c1C(C)NCCc1ccncc1. The van der Waals surface area contributed by atoms with Gasteiger partial charge in [0.25, 0.3) is 0 Å². The maximum absolute atomic E-state index is 13.9. The van der Waals surface area contributed by atoms with Crippen molar-refractivity contribution in [3.63, 3.8) is 0 Å². The van der Waals surface area contributed by atoms with Crippen molar-refractivity contribution in [2.24, 2.45) is 0 Å². The zero-order valence-corrected chi connectivity index (χ0v) is 11.8. The Bertz CT molecular complexity index is 545. The molecule has 0 fully saturated rings. The number of rotatable bonds is 6. The monoisotopic (exact) mass is 274 g/mol. The summed E-state index contributed by atoms with van der Waals surface area (Å²) >= 11 is 0. The van der Waals surface area contributed by atoms with Gasteiger partial charge in [-0.05, 0) is 49.7 Å². The molecular weight excluding hydrogens is 255 g/mol. The molecule has 0 saturated carbocycles. The highest BCUT2D eigenvalue weighted by atomic mass is 19.1. The Kier molecular flexibility index (Phi) is 5.07. The summed E-state index contributed by atoms with van der Waals surface area (Å²) in [7, 11) is 1.56. The predicted octanol–water partition coefficient (Wildman–Crippen LogP) is 3.12. The van der Waals surface area contributed by atoms with Crippen LogP contribution in [-0.4, -0.2) is 18.6 Å². The van der Waals surface area contributed by atoms with Crippen LogP contribution in [0, 0.1) is 5.82 Å². The summed E-state index contributed by atoms with van der Waals surface area (Å²) in [5, 5.41) is 3.32. The molecule has 0 amide bonds. The Hall–Kier alpha value is -1.94.